The van der Waals surface area contributed by atoms with Crippen molar-refractivity contribution in [1.29, 1.82) is 0 Å². The highest BCUT2D eigenvalue weighted by atomic mass is 16.4. The SMILES string of the molecule is Cc1ccc(CNc2ncc(C(=O)O)cc2N)o1. The summed E-state index contributed by atoms with van der Waals surface area (Å²) in [5, 5.41) is 11.8. The van der Waals surface area contributed by atoms with Crippen LogP contribution in [0.15, 0.2) is 28.8 Å². The van der Waals surface area contributed by atoms with Crippen LogP contribution in [0.4, 0.5) is 11.5 Å². The van der Waals surface area contributed by atoms with Gasteiger partial charge in [0.1, 0.15) is 17.3 Å². The topological polar surface area (TPSA) is 101 Å². The Hall–Kier alpha value is -2.50. The van der Waals surface area contributed by atoms with E-state index >= 15 is 0 Å². The molecule has 0 saturated heterocycles. The zero-order valence-corrected chi connectivity index (χ0v) is 9.80. The summed E-state index contributed by atoms with van der Waals surface area (Å²) in [6.07, 6.45) is 1.26. The molecule has 0 unspecified atom stereocenters. The predicted octanol–water partition coefficient (Wildman–Crippen LogP) is 1.88. The quantitative estimate of drug-likeness (QED) is 0.762. The molecular weight excluding hydrogens is 234 g/mol. The molecule has 0 radical (unpaired) electrons. The van der Waals surface area contributed by atoms with E-state index in [1.165, 1.54) is 12.3 Å². The van der Waals surface area contributed by atoms with Gasteiger partial charge in [-0.25, -0.2) is 9.78 Å². The third kappa shape index (κ3) is 2.60. The lowest BCUT2D eigenvalue weighted by Gasteiger charge is -2.07. The second kappa shape index (κ2) is 4.79. The fraction of sp³-hybridized carbons (Fsp3) is 0.167. The molecule has 2 aromatic heterocycles. The molecular formula is C12H13N3O3. The number of nitrogens with one attached hydrogen (secondary N) is 1. The number of aryl methyl sites for hydroxylation is 1. The fourth-order valence-electron chi connectivity index (χ4n) is 1.50. The number of nitrogens with two attached hydrogens (primary N) is 1. The molecule has 18 heavy (non-hydrogen) atoms. The molecule has 0 saturated carbocycles. The van der Waals surface area contributed by atoms with Crippen LogP contribution >= 0.6 is 0 Å². The van der Waals surface area contributed by atoms with Crippen LogP contribution in [0.25, 0.3) is 0 Å². The highest BCUT2D eigenvalue weighted by Crippen LogP contribution is 2.17. The molecule has 0 aliphatic rings. The van der Waals surface area contributed by atoms with Crippen molar-refractivity contribution >= 4 is 17.5 Å². The highest BCUT2D eigenvalue weighted by Gasteiger charge is 2.08. The van der Waals surface area contributed by atoms with Crippen LogP contribution < -0.4 is 11.1 Å². The summed E-state index contributed by atoms with van der Waals surface area (Å²) in [6, 6.07) is 5.08. The van der Waals surface area contributed by atoms with Gasteiger partial charge < -0.3 is 20.6 Å². The van der Waals surface area contributed by atoms with E-state index in [1.807, 2.05) is 19.1 Å². The molecule has 0 fully saturated rings. The van der Waals surface area contributed by atoms with Crippen LogP contribution in [0.5, 0.6) is 0 Å². The summed E-state index contributed by atoms with van der Waals surface area (Å²) in [5.74, 6) is 0.974. The van der Waals surface area contributed by atoms with Gasteiger partial charge in [-0.15, -0.1) is 0 Å². The van der Waals surface area contributed by atoms with Gasteiger partial charge in [0.15, 0.2) is 0 Å². The van der Waals surface area contributed by atoms with Crippen LogP contribution in [-0.2, 0) is 6.54 Å². The molecule has 94 valence electrons. The Balaban J connectivity index is 2.08. The lowest BCUT2D eigenvalue weighted by Crippen LogP contribution is -2.06. The molecule has 6 heteroatoms. The van der Waals surface area contributed by atoms with E-state index in [0.29, 0.717) is 12.4 Å². The van der Waals surface area contributed by atoms with Gasteiger partial charge in [0.2, 0.25) is 0 Å². The maximum absolute atomic E-state index is 10.7. The van der Waals surface area contributed by atoms with E-state index in [2.05, 4.69) is 10.3 Å². The number of furan rings is 1. The van der Waals surface area contributed by atoms with Crippen molar-refractivity contribution in [2.75, 3.05) is 11.1 Å². The first kappa shape index (κ1) is 12.0. The van der Waals surface area contributed by atoms with Crippen molar-refractivity contribution in [1.82, 2.24) is 4.98 Å². The van der Waals surface area contributed by atoms with Gasteiger partial charge in [-0.05, 0) is 25.1 Å². The maximum Gasteiger partial charge on any atom is 0.337 e. The van der Waals surface area contributed by atoms with Crippen LogP contribution in [0.2, 0.25) is 0 Å². The van der Waals surface area contributed by atoms with E-state index in [1.54, 1.807) is 0 Å². The van der Waals surface area contributed by atoms with Crippen molar-refractivity contribution in [2.24, 2.45) is 0 Å². The monoisotopic (exact) mass is 247 g/mol. The van der Waals surface area contributed by atoms with Crippen molar-refractivity contribution in [2.45, 2.75) is 13.5 Å². The second-order valence-electron chi connectivity index (χ2n) is 3.83. The number of carbonyl (C=O) groups is 1. The lowest BCUT2D eigenvalue weighted by atomic mass is 10.2. The Kier molecular flexibility index (Phi) is 3.18. The van der Waals surface area contributed by atoms with E-state index in [-0.39, 0.29) is 11.3 Å². The first-order valence-corrected chi connectivity index (χ1v) is 5.34. The smallest absolute Gasteiger partial charge is 0.337 e. The van der Waals surface area contributed by atoms with Gasteiger partial charge >= 0.3 is 5.97 Å². The normalized spacial score (nSPS) is 10.3. The first-order chi connectivity index (χ1) is 8.56. The predicted molar refractivity (Wildman–Crippen MR) is 66.4 cm³/mol. The lowest BCUT2D eigenvalue weighted by molar-refractivity contribution is 0.0696. The van der Waals surface area contributed by atoms with E-state index < -0.39 is 5.97 Å². The van der Waals surface area contributed by atoms with E-state index in [9.17, 15) is 4.79 Å². The Morgan fingerprint density at radius 1 is 1.56 bits per heavy atom. The van der Waals surface area contributed by atoms with Crippen LogP contribution in [-0.4, -0.2) is 16.1 Å². The molecule has 2 aromatic rings. The second-order valence-corrected chi connectivity index (χ2v) is 3.83. The number of rotatable bonds is 4. The number of hydrogen-bond donors (Lipinski definition) is 3. The number of hydrogen-bond acceptors (Lipinski definition) is 5. The van der Waals surface area contributed by atoms with Crippen LogP contribution in [0, 0.1) is 6.92 Å². The average molecular weight is 247 g/mol. The van der Waals surface area contributed by atoms with Gasteiger partial charge in [0.25, 0.3) is 0 Å². The third-order valence-corrected chi connectivity index (χ3v) is 2.39. The number of nitrogens with zero attached hydrogens (tertiary/aromatic N) is 1. The molecule has 0 atom stereocenters. The average Bonchev–Trinajstić information content (AvgIpc) is 2.73. The van der Waals surface area contributed by atoms with Crippen molar-refractivity contribution in [3.63, 3.8) is 0 Å². The zero-order valence-electron chi connectivity index (χ0n) is 9.80. The number of pyridine rings is 1. The number of anilines is 2. The Labute approximate surface area is 103 Å². The van der Waals surface area contributed by atoms with Crippen LogP contribution in [0.3, 0.4) is 0 Å². The molecule has 0 spiro atoms. The minimum atomic E-state index is -1.05. The summed E-state index contributed by atoms with van der Waals surface area (Å²) >= 11 is 0. The molecule has 2 heterocycles. The van der Waals surface area contributed by atoms with E-state index in [4.69, 9.17) is 15.3 Å². The molecule has 0 aromatic carbocycles. The van der Waals surface area contributed by atoms with Gasteiger partial charge in [0.05, 0.1) is 17.8 Å². The number of aromatic carboxylic acids is 1. The van der Waals surface area contributed by atoms with Crippen molar-refractivity contribution in [3.05, 3.63) is 41.5 Å². The number of aromatic nitrogens is 1. The Morgan fingerprint density at radius 2 is 2.33 bits per heavy atom. The fourth-order valence-corrected chi connectivity index (χ4v) is 1.50. The van der Waals surface area contributed by atoms with Gasteiger partial charge in [-0.2, -0.15) is 0 Å². The standard InChI is InChI=1S/C12H13N3O3/c1-7-2-3-9(18-7)6-15-11-10(13)4-8(5-14-11)12(16)17/h2-5H,6,13H2,1H3,(H,14,15)(H,16,17). The summed E-state index contributed by atoms with van der Waals surface area (Å²) in [4.78, 5) is 14.7. The molecule has 0 aliphatic carbocycles. The minimum absolute atomic E-state index is 0.0619. The summed E-state index contributed by atoms with van der Waals surface area (Å²) < 4.78 is 5.38. The molecule has 6 nitrogen and oxygen atoms in total. The number of carboxylic acids is 1. The minimum Gasteiger partial charge on any atom is -0.478 e. The highest BCUT2D eigenvalue weighted by molar-refractivity contribution is 5.89. The van der Waals surface area contributed by atoms with Crippen LogP contribution in [0.1, 0.15) is 21.9 Å². The molecule has 4 N–H and O–H groups in total. The van der Waals surface area contributed by atoms with Gasteiger partial charge in [-0.3, -0.25) is 0 Å². The Morgan fingerprint density at radius 3 is 2.89 bits per heavy atom. The van der Waals surface area contributed by atoms with Gasteiger partial charge in [-0.1, -0.05) is 0 Å². The maximum atomic E-state index is 10.7. The molecule has 0 aliphatic heterocycles. The molecule has 0 bridgehead atoms. The van der Waals surface area contributed by atoms with E-state index in [0.717, 1.165) is 11.5 Å². The zero-order chi connectivity index (χ0) is 13.1. The molecule has 0 amide bonds. The Bertz CT molecular complexity index is 578. The molecule has 2 rings (SSSR count). The summed E-state index contributed by atoms with van der Waals surface area (Å²) in [7, 11) is 0. The third-order valence-electron chi connectivity index (χ3n) is 2.39. The first-order valence-electron chi connectivity index (χ1n) is 5.34. The summed E-state index contributed by atoms with van der Waals surface area (Å²) in [6.45, 7) is 2.30. The number of carboxylic acid groups (broad SMARTS) is 1. The summed E-state index contributed by atoms with van der Waals surface area (Å²) in [5.41, 5.74) is 6.06. The largest absolute Gasteiger partial charge is 0.478 e. The van der Waals surface area contributed by atoms with Crippen molar-refractivity contribution in [3.8, 4) is 0 Å². The van der Waals surface area contributed by atoms with Crippen molar-refractivity contribution < 1.29 is 14.3 Å². The van der Waals surface area contributed by atoms with Gasteiger partial charge in [0, 0.05) is 6.20 Å². The number of nitrogen functional groups attached to an aromatic ring is 1.